The van der Waals surface area contributed by atoms with Gasteiger partial charge in [0.2, 0.25) is 0 Å². The Labute approximate surface area is 179 Å². The van der Waals surface area contributed by atoms with Crippen LogP contribution in [0.5, 0.6) is 11.5 Å². The number of fused-ring (bicyclic) bond motifs is 1. The van der Waals surface area contributed by atoms with E-state index in [1.54, 1.807) is 11.7 Å². The molecule has 4 rings (SSSR count). The highest BCUT2D eigenvalue weighted by Gasteiger charge is 2.15. The summed E-state index contributed by atoms with van der Waals surface area (Å²) in [5.74, 6) is 2.36. The highest BCUT2D eigenvalue weighted by Crippen LogP contribution is 2.32. The van der Waals surface area contributed by atoms with Crippen molar-refractivity contribution in [3.8, 4) is 22.6 Å². The Kier molecular flexibility index (Phi) is 5.86. The maximum atomic E-state index is 13.3. The largest absolute Gasteiger partial charge is 0.497 e. The fourth-order valence-corrected chi connectivity index (χ4v) is 4.40. The molecule has 0 radical (unpaired) electrons. The number of nitrogens with zero attached hydrogens (tertiary/aromatic N) is 2. The van der Waals surface area contributed by atoms with E-state index in [1.807, 2.05) is 67.8 Å². The maximum Gasteiger partial charge on any atom is 0.262 e. The molecule has 4 aromatic rings. The van der Waals surface area contributed by atoms with Gasteiger partial charge in [-0.2, -0.15) is 0 Å². The normalized spacial score (nSPS) is 11.0. The summed E-state index contributed by atoms with van der Waals surface area (Å²) in [5, 5.41) is 2.68. The minimum absolute atomic E-state index is 0.0000889. The molecule has 2 heterocycles. The van der Waals surface area contributed by atoms with Crippen molar-refractivity contribution in [2.75, 3.05) is 13.7 Å². The van der Waals surface area contributed by atoms with Crippen molar-refractivity contribution in [2.45, 2.75) is 26.8 Å². The minimum atomic E-state index is -0.0000889. The van der Waals surface area contributed by atoms with Crippen molar-refractivity contribution in [3.05, 3.63) is 75.7 Å². The molecule has 2 aromatic heterocycles. The van der Waals surface area contributed by atoms with Gasteiger partial charge in [-0.15, -0.1) is 11.3 Å². The Morgan fingerprint density at radius 1 is 1.00 bits per heavy atom. The second-order valence-electron chi connectivity index (χ2n) is 7.19. The molecule has 0 fully saturated rings. The molecule has 5 nitrogen and oxygen atoms in total. The maximum absolute atomic E-state index is 13.3. The van der Waals surface area contributed by atoms with E-state index < -0.39 is 0 Å². The first kappa shape index (κ1) is 20.2. The lowest BCUT2D eigenvalue weighted by molar-refractivity contribution is 0.300. The molecule has 0 aliphatic rings. The lowest BCUT2D eigenvalue weighted by Gasteiger charge is -2.11. The Bertz CT molecular complexity index is 1210. The predicted molar refractivity (Wildman–Crippen MR) is 122 cm³/mol. The smallest absolute Gasteiger partial charge is 0.262 e. The van der Waals surface area contributed by atoms with Crippen LogP contribution >= 0.6 is 11.3 Å². The first-order valence-electron chi connectivity index (χ1n) is 9.89. The Balaban J connectivity index is 1.55. The van der Waals surface area contributed by atoms with Gasteiger partial charge in [-0.3, -0.25) is 9.36 Å². The highest BCUT2D eigenvalue weighted by atomic mass is 32.1. The molecule has 0 N–H and O–H groups in total. The van der Waals surface area contributed by atoms with Gasteiger partial charge < -0.3 is 9.47 Å². The first-order chi connectivity index (χ1) is 14.6. The third-order valence-corrected chi connectivity index (χ3v) is 5.97. The van der Waals surface area contributed by atoms with Crippen LogP contribution in [-0.4, -0.2) is 23.3 Å². The van der Waals surface area contributed by atoms with Crippen molar-refractivity contribution in [1.82, 2.24) is 9.55 Å². The van der Waals surface area contributed by atoms with Gasteiger partial charge in [0.15, 0.2) is 0 Å². The van der Waals surface area contributed by atoms with Crippen LogP contribution in [0, 0.1) is 13.8 Å². The Morgan fingerprint density at radius 3 is 2.40 bits per heavy atom. The number of benzene rings is 2. The minimum Gasteiger partial charge on any atom is -0.497 e. The zero-order chi connectivity index (χ0) is 21.1. The average Bonchev–Trinajstić information content (AvgIpc) is 3.18. The van der Waals surface area contributed by atoms with E-state index in [4.69, 9.17) is 9.47 Å². The van der Waals surface area contributed by atoms with E-state index in [0.29, 0.717) is 18.5 Å². The number of hydrogen-bond acceptors (Lipinski definition) is 5. The summed E-state index contributed by atoms with van der Waals surface area (Å²) in [6.45, 7) is 5.04. The van der Waals surface area contributed by atoms with Gasteiger partial charge in [-0.1, -0.05) is 29.8 Å². The van der Waals surface area contributed by atoms with Crippen LogP contribution in [0.15, 0.2) is 58.7 Å². The average molecular weight is 421 g/mol. The number of aryl methyl sites for hydroxylation is 2. The summed E-state index contributed by atoms with van der Waals surface area (Å²) >= 11 is 1.50. The number of aromatic nitrogens is 2. The fraction of sp³-hybridized carbons (Fsp3) is 0.250. The van der Waals surface area contributed by atoms with Crippen molar-refractivity contribution < 1.29 is 9.47 Å². The number of ether oxygens (including phenoxy) is 2. The molecular formula is C24H24N2O3S. The van der Waals surface area contributed by atoms with E-state index in [9.17, 15) is 4.79 Å². The van der Waals surface area contributed by atoms with Crippen molar-refractivity contribution in [1.29, 1.82) is 0 Å². The summed E-state index contributed by atoms with van der Waals surface area (Å²) in [4.78, 5) is 18.7. The summed E-state index contributed by atoms with van der Waals surface area (Å²) in [6, 6.07) is 15.7. The van der Waals surface area contributed by atoms with Crippen LogP contribution < -0.4 is 15.0 Å². The highest BCUT2D eigenvalue weighted by molar-refractivity contribution is 7.17. The molecule has 30 heavy (non-hydrogen) atoms. The van der Waals surface area contributed by atoms with Crippen LogP contribution in [0.1, 0.15) is 17.8 Å². The number of methoxy groups -OCH3 is 1. The fourth-order valence-electron chi connectivity index (χ4n) is 3.42. The van der Waals surface area contributed by atoms with E-state index >= 15 is 0 Å². The van der Waals surface area contributed by atoms with E-state index in [1.165, 1.54) is 16.9 Å². The SMILES string of the molecule is COc1ccc(-c2csc3nc(C)n(CCCOc4ccc(C)cc4)c(=O)c23)cc1. The number of thiophene rings is 1. The topological polar surface area (TPSA) is 53.4 Å². The molecule has 0 amide bonds. The van der Waals surface area contributed by atoms with Gasteiger partial charge in [-0.25, -0.2) is 4.98 Å². The molecule has 0 spiro atoms. The molecule has 2 aromatic carbocycles. The van der Waals surface area contributed by atoms with Gasteiger partial charge in [0.05, 0.1) is 19.1 Å². The van der Waals surface area contributed by atoms with E-state index in [0.717, 1.165) is 39.7 Å². The molecule has 0 aliphatic heterocycles. The molecule has 0 unspecified atom stereocenters. The van der Waals surface area contributed by atoms with Crippen LogP contribution in [-0.2, 0) is 6.54 Å². The standard InChI is InChI=1S/C24H24N2O3S/c1-16-5-9-20(10-6-16)29-14-4-13-26-17(2)25-23-22(24(26)27)21(15-30-23)18-7-11-19(28-3)12-8-18/h5-12,15H,4,13-14H2,1-3H3. The lowest BCUT2D eigenvalue weighted by atomic mass is 10.1. The molecule has 0 atom stereocenters. The Hall–Kier alpha value is -3.12. The number of hydrogen-bond donors (Lipinski definition) is 0. The zero-order valence-electron chi connectivity index (χ0n) is 17.3. The Morgan fingerprint density at radius 2 is 1.70 bits per heavy atom. The van der Waals surface area contributed by atoms with E-state index in [2.05, 4.69) is 4.98 Å². The molecule has 0 bridgehead atoms. The van der Waals surface area contributed by atoms with Gasteiger partial charge in [0.25, 0.3) is 5.56 Å². The van der Waals surface area contributed by atoms with Gasteiger partial charge in [0.1, 0.15) is 22.2 Å². The lowest BCUT2D eigenvalue weighted by Crippen LogP contribution is -2.24. The van der Waals surface area contributed by atoms with Crippen LogP contribution in [0.2, 0.25) is 0 Å². The first-order valence-corrected chi connectivity index (χ1v) is 10.8. The monoisotopic (exact) mass is 420 g/mol. The van der Waals surface area contributed by atoms with Crippen LogP contribution in [0.25, 0.3) is 21.3 Å². The third-order valence-electron chi connectivity index (χ3n) is 5.10. The molecule has 0 aliphatic carbocycles. The zero-order valence-corrected chi connectivity index (χ0v) is 18.2. The van der Waals surface area contributed by atoms with Crippen LogP contribution in [0.3, 0.4) is 0 Å². The van der Waals surface area contributed by atoms with E-state index in [-0.39, 0.29) is 5.56 Å². The quantitative estimate of drug-likeness (QED) is 0.385. The second-order valence-corrected chi connectivity index (χ2v) is 8.05. The second kappa shape index (κ2) is 8.71. The summed E-state index contributed by atoms with van der Waals surface area (Å²) in [5.41, 5.74) is 3.10. The van der Waals surface area contributed by atoms with Crippen molar-refractivity contribution in [3.63, 3.8) is 0 Å². The van der Waals surface area contributed by atoms with Gasteiger partial charge in [0, 0.05) is 17.5 Å². The predicted octanol–water partition coefficient (Wildman–Crippen LogP) is 5.22. The molecule has 0 saturated heterocycles. The molecular weight excluding hydrogens is 396 g/mol. The summed E-state index contributed by atoms with van der Waals surface area (Å²) in [7, 11) is 1.64. The van der Waals surface area contributed by atoms with Crippen molar-refractivity contribution in [2.24, 2.45) is 0 Å². The van der Waals surface area contributed by atoms with Crippen molar-refractivity contribution >= 4 is 21.6 Å². The summed E-state index contributed by atoms with van der Waals surface area (Å²) < 4.78 is 12.8. The summed E-state index contributed by atoms with van der Waals surface area (Å²) in [6.07, 6.45) is 0.726. The molecule has 154 valence electrons. The van der Waals surface area contributed by atoms with Crippen LogP contribution in [0.4, 0.5) is 0 Å². The van der Waals surface area contributed by atoms with Gasteiger partial charge in [-0.05, 0) is 50.1 Å². The van der Waals surface area contributed by atoms with Gasteiger partial charge >= 0.3 is 0 Å². The number of rotatable bonds is 7. The molecule has 6 heteroatoms. The third kappa shape index (κ3) is 4.09. The molecule has 0 saturated carbocycles.